The van der Waals surface area contributed by atoms with Crippen molar-refractivity contribution in [1.29, 1.82) is 0 Å². The summed E-state index contributed by atoms with van der Waals surface area (Å²) in [4.78, 5) is 13.8. The maximum Gasteiger partial charge on any atom is 0.191 e. The van der Waals surface area contributed by atoms with Gasteiger partial charge in [0.2, 0.25) is 0 Å². The zero-order chi connectivity index (χ0) is 20.1. The van der Waals surface area contributed by atoms with E-state index in [0.717, 1.165) is 5.56 Å². The molecule has 4 nitrogen and oxygen atoms in total. The Morgan fingerprint density at radius 3 is 2.32 bits per heavy atom. The smallest absolute Gasteiger partial charge is 0.191 e. The van der Waals surface area contributed by atoms with Crippen LogP contribution >= 0.6 is 11.6 Å². The highest BCUT2D eigenvalue weighted by Crippen LogP contribution is 2.29. The minimum absolute atomic E-state index is 0.274. The number of carbonyl (C=O) groups is 1. The Hall–Kier alpha value is -1.79. The first-order valence-electron chi connectivity index (χ1n) is 9.49. The summed E-state index contributed by atoms with van der Waals surface area (Å²) in [5, 5.41) is 21.6. The largest absolute Gasteiger partial charge is 0.389 e. The normalized spacial score (nSPS) is 19.1. The van der Waals surface area contributed by atoms with E-state index in [4.69, 9.17) is 11.6 Å². The maximum absolute atomic E-state index is 14.7. The number of benzene rings is 2. The number of halogens is 2. The SMILES string of the molecule is O=C(c1ccccc1)C(O)CC(F)N1CCC(O)(Cc2ccc(Cl)cc2)CC1. The van der Waals surface area contributed by atoms with Crippen LogP contribution < -0.4 is 0 Å². The van der Waals surface area contributed by atoms with Crippen molar-refractivity contribution in [1.82, 2.24) is 4.90 Å². The van der Waals surface area contributed by atoms with Crippen LogP contribution in [0.15, 0.2) is 54.6 Å². The van der Waals surface area contributed by atoms with Crippen molar-refractivity contribution in [3.05, 3.63) is 70.7 Å². The number of carbonyl (C=O) groups excluding carboxylic acids is 1. The zero-order valence-electron chi connectivity index (χ0n) is 15.6. The molecule has 2 N–H and O–H groups in total. The fourth-order valence-corrected chi connectivity index (χ4v) is 3.74. The molecule has 0 spiro atoms. The lowest BCUT2D eigenvalue weighted by molar-refractivity contribution is -0.0570. The Labute approximate surface area is 169 Å². The van der Waals surface area contributed by atoms with E-state index in [-0.39, 0.29) is 6.42 Å². The van der Waals surface area contributed by atoms with Crippen LogP contribution in [0.3, 0.4) is 0 Å². The van der Waals surface area contributed by atoms with Crippen molar-refractivity contribution in [2.45, 2.75) is 43.7 Å². The summed E-state index contributed by atoms with van der Waals surface area (Å²) in [6.07, 6.45) is -1.74. The highest BCUT2D eigenvalue weighted by atomic mass is 35.5. The van der Waals surface area contributed by atoms with E-state index < -0.39 is 23.8 Å². The predicted octanol–water partition coefficient (Wildman–Crippen LogP) is 3.64. The van der Waals surface area contributed by atoms with Gasteiger partial charge in [0.1, 0.15) is 6.10 Å². The summed E-state index contributed by atoms with van der Waals surface area (Å²) in [7, 11) is 0. The average Bonchev–Trinajstić information content (AvgIpc) is 2.70. The summed E-state index contributed by atoms with van der Waals surface area (Å²) in [6.45, 7) is 0.745. The molecule has 2 atom stereocenters. The topological polar surface area (TPSA) is 60.8 Å². The molecule has 28 heavy (non-hydrogen) atoms. The lowest BCUT2D eigenvalue weighted by Crippen LogP contribution is -2.49. The van der Waals surface area contributed by atoms with Gasteiger partial charge < -0.3 is 10.2 Å². The first-order chi connectivity index (χ1) is 13.4. The summed E-state index contributed by atoms with van der Waals surface area (Å²) in [6, 6.07) is 15.8. The molecular weight excluding hydrogens is 381 g/mol. The molecule has 150 valence electrons. The molecule has 3 rings (SSSR count). The molecule has 2 unspecified atom stereocenters. The molecule has 1 heterocycles. The molecule has 1 fully saturated rings. The fraction of sp³-hybridized carbons (Fsp3) is 0.409. The Morgan fingerprint density at radius 2 is 1.71 bits per heavy atom. The number of Topliss-reactive ketones (excluding diaryl/α,β-unsaturated/α-hetero) is 1. The molecule has 6 heteroatoms. The third-order valence-electron chi connectivity index (χ3n) is 5.35. The van der Waals surface area contributed by atoms with Gasteiger partial charge in [-0.15, -0.1) is 0 Å². The molecule has 2 aromatic rings. The molecule has 2 aromatic carbocycles. The van der Waals surface area contributed by atoms with Gasteiger partial charge in [0, 0.05) is 36.5 Å². The number of likely N-dealkylation sites (tertiary alicyclic amines) is 1. The molecule has 0 aromatic heterocycles. The third kappa shape index (κ3) is 5.39. The van der Waals surface area contributed by atoms with E-state index in [9.17, 15) is 19.4 Å². The molecule has 0 aliphatic carbocycles. The second-order valence-electron chi connectivity index (χ2n) is 7.48. The van der Waals surface area contributed by atoms with Gasteiger partial charge in [0.15, 0.2) is 12.1 Å². The Bertz CT molecular complexity index is 776. The van der Waals surface area contributed by atoms with E-state index in [1.807, 2.05) is 12.1 Å². The lowest BCUT2D eigenvalue weighted by atomic mass is 9.85. The standard InChI is InChI=1S/C22H25ClFNO3/c23-18-8-6-16(7-9-18)15-22(28)10-12-25(13-11-22)20(24)14-19(26)21(27)17-4-2-1-3-5-17/h1-9,19-20,26,28H,10-15H2. The van der Waals surface area contributed by atoms with Crippen LogP contribution in [-0.4, -0.2) is 52.0 Å². The van der Waals surface area contributed by atoms with Gasteiger partial charge >= 0.3 is 0 Å². The summed E-state index contributed by atoms with van der Waals surface area (Å²) < 4.78 is 14.7. The van der Waals surface area contributed by atoms with Gasteiger partial charge in [-0.1, -0.05) is 54.1 Å². The summed E-state index contributed by atoms with van der Waals surface area (Å²) >= 11 is 5.89. The number of aliphatic hydroxyl groups excluding tert-OH is 1. The monoisotopic (exact) mass is 405 g/mol. The van der Waals surface area contributed by atoms with Crippen LogP contribution in [0.5, 0.6) is 0 Å². The van der Waals surface area contributed by atoms with E-state index in [1.54, 1.807) is 47.4 Å². The lowest BCUT2D eigenvalue weighted by Gasteiger charge is -2.39. The van der Waals surface area contributed by atoms with Gasteiger partial charge in [-0.3, -0.25) is 9.69 Å². The van der Waals surface area contributed by atoms with Crippen LogP contribution in [0.2, 0.25) is 5.02 Å². The quantitative estimate of drug-likeness (QED) is 0.545. The Kier molecular flexibility index (Phi) is 6.83. The van der Waals surface area contributed by atoms with Gasteiger partial charge in [0.25, 0.3) is 0 Å². The maximum atomic E-state index is 14.7. The number of rotatable bonds is 7. The molecule has 0 amide bonds. The molecular formula is C22H25ClFNO3. The van der Waals surface area contributed by atoms with E-state index in [1.165, 1.54) is 0 Å². The number of piperidine rings is 1. The van der Waals surface area contributed by atoms with E-state index >= 15 is 0 Å². The molecule has 0 bridgehead atoms. The first kappa shape index (κ1) is 20.9. The second kappa shape index (κ2) is 9.14. The number of alkyl halides is 1. The van der Waals surface area contributed by atoms with Crippen molar-refractivity contribution >= 4 is 17.4 Å². The van der Waals surface area contributed by atoms with Crippen LogP contribution in [0.25, 0.3) is 0 Å². The van der Waals surface area contributed by atoms with Crippen LogP contribution in [0.4, 0.5) is 4.39 Å². The minimum atomic E-state index is -1.43. The van der Waals surface area contributed by atoms with Gasteiger partial charge in [0.05, 0.1) is 5.60 Å². The number of ketones is 1. The molecule has 1 aliphatic heterocycles. The summed E-state index contributed by atoms with van der Waals surface area (Å²) in [5.41, 5.74) is 0.474. The minimum Gasteiger partial charge on any atom is -0.389 e. The molecule has 1 saturated heterocycles. The first-order valence-corrected chi connectivity index (χ1v) is 9.86. The van der Waals surface area contributed by atoms with Crippen molar-refractivity contribution in [3.63, 3.8) is 0 Å². The third-order valence-corrected chi connectivity index (χ3v) is 5.60. The number of hydrogen-bond acceptors (Lipinski definition) is 4. The van der Waals surface area contributed by atoms with Crippen LogP contribution in [-0.2, 0) is 6.42 Å². The Morgan fingerprint density at radius 1 is 1.11 bits per heavy atom. The zero-order valence-corrected chi connectivity index (χ0v) is 16.4. The van der Waals surface area contributed by atoms with Crippen molar-refractivity contribution in [2.24, 2.45) is 0 Å². The van der Waals surface area contributed by atoms with E-state index in [2.05, 4.69) is 0 Å². The van der Waals surface area contributed by atoms with Crippen LogP contribution in [0.1, 0.15) is 35.2 Å². The average molecular weight is 406 g/mol. The molecule has 0 saturated carbocycles. The van der Waals surface area contributed by atoms with E-state index in [0.29, 0.717) is 42.9 Å². The molecule has 0 radical (unpaired) electrons. The second-order valence-corrected chi connectivity index (χ2v) is 7.92. The highest BCUT2D eigenvalue weighted by Gasteiger charge is 2.36. The highest BCUT2D eigenvalue weighted by molar-refractivity contribution is 6.30. The van der Waals surface area contributed by atoms with Crippen molar-refractivity contribution in [3.8, 4) is 0 Å². The molecule has 1 aliphatic rings. The van der Waals surface area contributed by atoms with Crippen LogP contribution in [0, 0.1) is 0 Å². The van der Waals surface area contributed by atoms with Crippen molar-refractivity contribution in [2.75, 3.05) is 13.1 Å². The Balaban J connectivity index is 1.51. The fourth-order valence-electron chi connectivity index (χ4n) is 3.61. The number of nitrogens with zero attached hydrogens (tertiary/aromatic N) is 1. The van der Waals surface area contributed by atoms with Crippen molar-refractivity contribution < 1.29 is 19.4 Å². The number of hydrogen-bond donors (Lipinski definition) is 2. The number of aliphatic hydroxyl groups is 2. The van der Waals surface area contributed by atoms with Gasteiger partial charge in [-0.25, -0.2) is 4.39 Å². The van der Waals surface area contributed by atoms with Gasteiger partial charge in [-0.05, 0) is 30.5 Å². The predicted molar refractivity (Wildman–Crippen MR) is 107 cm³/mol. The van der Waals surface area contributed by atoms with Gasteiger partial charge in [-0.2, -0.15) is 0 Å². The summed E-state index contributed by atoms with van der Waals surface area (Å²) in [5.74, 6) is -0.473.